The van der Waals surface area contributed by atoms with Gasteiger partial charge in [-0.2, -0.15) is 5.10 Å². The molecule has 0 saturated carbocycles. The van der Waals surface area contributed by atoms with Crippen molar-refractivity contribution >= 4 is 17.8 Å². The Morgan fingerprint density at radius 1 is 1.43 bits per heavy atom. The number of benzene rings is 1. The summed E-state index contributed by atoms with van der Waals surface area (Å²) < 4.78 is 0. The quantitative estimate of drug-likeness (QED) is 0.517. The number of hydrogen-bond acceptors (Lipinski definition) is 5. The van der Waals surface area contributed by atoms with E-state index in [0.717, 1.165) is 25.8 Å². The van der Waals surface area contributed by atoms with Crippen LogP contribution in [0.1, 0.15) is 24.8 Å². The van der Waals surface area contributed by atoms with E-state index in [9.17, 15) is 14.9 Å². The zero-order valence-corrected chi connectivity index (χ0v) is 11.9. The summed E-state index contributed by atoms with van der Waals surface area (Å²) in [6.45, 7) is 0.921. The minimum Gasteiger partial charge on any atom is -0.295 e. The molecule has 0 aliphatic carbocycles. The van der Waals surface area contributed by atoms with E-state index in [1.54, 1.807) is 12.1 Å². The second kappa shape index (κ2) is 6.94. The highest BCUT2D eigenvalue weighted by Gasteiger charge is 2.25. The van der Waals surface area contributed by atoms with Crippen LogP contribution in [0, 0.1) is 10.1 Å². The van der Waals surface area contributed by atoms with Gasteiger partial charge in [0.05, 0.1) is 17.2 Å². The number of amides is 1. The van der Waals surface area contributed by atoms with Crippen molar-refractivity contribution in [2.24, 2.45) is 5.10 Å². The van der Waals surface area contributed by atoms with Crippen molar-refractivity contribution in [1.29, 1.82) is 0 Å². The number of nitro benzene ring substituents is 1. The number of nitrogens with zero attached hydrogens (tertiary/aromatic N) is 3. The highest BCUT2D eigenvalue weighted by Crippen LogP contribution is 2.15. The standard InChI is InChI=1S/C14H18N4O3/c1-17-9-3-2-4-13(17)14(19)16-15-10-11-5-7-12(8-6-11)18(20)21/h5-8,10,13H,2-4,9H2,1H3,(H,16,19). The van der Waals surface area contributed by atoms with Crippen molar-refractivity contribution in [2.45, 2.75) is 25.3 Å². The summed E-state index contributed by atoms with van der Waals surface area (Å²) in [5.41, 5.74) is 3.24. The maximum atomic E-state index is 12.0. The second-order valence-electron chi connectivity index (χ2n) is 5.08. The number of carbonyl (C=O) groups is 1. The Balaban J connectivity index is 1.89. The minimum atomic E-state index is -0.457. The second-order valence-corrected chi connectivity index (χ2v) is 5.08. The molecule has 1 atom stereocenters. The van der Waals surface area contributed by atoms with Crippen molar-refractivity contribution < 1.29 is 9.72 Å². The molecule has 0 bridgehead atoms. The molecule has 7 heteroatoms. The van der Waals surface area contributed by atoms with E-state index < -0.39 is 4.92 Å². The first kappa shape index (κ1) is 15.1. The third-order valence-electron chi connectivity index (χ3n) is 3.57. The lowest BCUT2D eigenvalue weighted by Crippen LogP contribution is -2.46. The molecule has 1 unspecified atom stereocenters. The van der Waals surface area contributed by atoms with Crippen molar-refractivity contribution in [1.82, 2.24) is 10.3 Å². The minimum absolute atomic E-state index is 0.0278. The van der Waals surface area contributed by atoms with Gasteiger partial charge in [-0.25, -0.2) is 5.43 Å². The molecule has 0 aromatic heterocycles. The predicted molar refractivity (Wildman–Crippen MR) is 79.1 cm³/mol. The lowest BCUT2D eigenvalue weighted by Gasteiger charge is -2.30. The van der Waals surface area contributed by atoms with E-state index in [2.05, 4.69) is 10.5 Å². The summed E-state index contributed by atoms with van der Waals surface area (Å²) in [6.07, 6.45) is 4.49. The van der Waals surface area contributed by atoms with Gasteiger partial charge in [0.15, 0.2) is 0 Å². The molecule has 1 aliphatic rings. The van der Waals surface area contributed by atoms with Crippen LogP contribution in [-0.4, -0.2) is 41.6 Å². The van der Waals surface area contributed by atoms with Gasteiger partial charge in [0.1, 0.15) is 0 Å². The van der Waals surface area contributed by atoms with Gasteiger partial charge >= 0.3 is 0 Å². The van der Waals surface area contributed by atoms with Gasteiger partial charge in [0.2, 0.25) is 0 Å². The van der Waals surface area contributed by atoms with Gasteiger partial charge in [-0.1, -0.05) is 6.42 Å². The molecular weight excluding hydrogens is 272 g/mol. The zero-order valence-electron chi connectivity index (χ0n) is 11.9. The lowest BCUT2D eigenvalue weighted by atomic mass is 10.0. The molecule has 1 aliphatic heterocycles. The number of piperidine rings is 1. The van der Waals surface area contributed by atoms with Crippen LogP contribution in [-0.2, 0) is 4.79 Å². The molecule has 1 N–H and O–H groups in total. The fourth-order valence-corrected chi connectivity index (χ4v) is 2.33. The average molecular weight is 290 g/mol. The van der Waals surface area contributed by atoms with Crippen LogP contribution in [0.15, 0.2) is 29.4 Å². The summed E-state index contributed by atoms with van der Waals surface area (Å²) in [6, 6.07) is 5.84. The molecular formula is C14H18N4O3. The number of nitro groups is 1. The first-order valence-electron chi connectivity index (χ1n) is 6.85. The number of hydrazone groups is 1. The molecule has 0 spiro atoms. The maximum absolute atomic E-state index is 12.0. The van der Waals surface area contributed by atoms with Crippen LogP contribution in [0.3, 0.4) is 0 Å². The molecule has 2 rings (SSSR count). The number of non-ortho nitro benzene ring substituents is 1. The smallest absolute Gasteiger partial charge is 0.269 e. The summed E-state index contributed by atoms with van der Waals surface area (Å²) in [5, 5.41) is 14.4. The van der Waals surface area contributed by atoms with E-state index in [4.69, 9.17) is 0 Å². The highest BCUT2D eigenvalue weighted by atomic mass is 16.6. The van der Waals surface area contributed by atoms with Crippen LogP contribution in [0.5, 0.6) is 0 Å². The van der Waals surface area contributed by atoms with E-state index >= 15 is 0 Å². The third kappa shape index (κ3) is 4.09. The Morgan fingerprint density at radius 2 is 2.14 bits per heavy atom. The fourth-order valence-electron chi connectivity index (χ4n) is 2.33. The predicted octanol–water partition coefficient (Wildman–Crippen LogP) is 1.53. The summed E-state index contributed by atoms with van der Waals surface area (Å²) >= 11 is 0. The van der Waals surface area contributed by atoms with Gasteiger partial charge in [0.25, 0.3) is 11.6 Å². The topological polar surface area (TPSA) is 87.8 Å². The molecule has 1 aromatic carbocycles. The van der Waals surface area contributed by atoms with Crippen molar-refractivity contribution in [3.05, 3.63) is 39.9 Å². The van der Waals surface area contributed by atoms with Crippen LogP contribution in [0.4, 0.5) is 5.69 Å². The van der Waals surface area contributed by atoms with Crippen LogP contribution in [0.25, 0.3) is 0 Å². The number of nitrogens with one attached hydrogen (secondary N) is 1. The van der Waals surface area contributed by atoms with Gasteiger partial charge in [-0.05, 0) is 44.1 Å². The molecule has 0 radical (unpaired) electrons. The fraction of sp³-hybridized carbons (Fsp3) is 0.429. The third-order valence-corrected chi connectivity index (χ3v) is 3.57. The Labute approximate surface area is 122 Å². The Kier molecular flexibility index (Phi) is 4.99. The first-order chi connectivity index (χ1) is 10.1. The number of rotatable bonds is 4. The summed E-state index contributed by atoms with van der Waals surface area (Å²) in [4.78, 5) is 24.1. The normalized spacial score (nSPS) is 19.6. The van der Waals surface area contributed by atoms with Gasteiger partial charge in [-0.3, -0.25) is 19.8 Å². The lowest BCUT2D eigenvalue weighted by molar-refractivity contribution is -0.384. The maximum Gasteiger partial charge on any atom is 0.269 e. The highest BCUT2D eigenvalue weighted by molar-refractivity contribution is 5.85. The Bertz CT molecular complexity index is 542. The van der Waals surface area contributed by atoms with Crippen LogP contribution >= 0.6 is 0 Å². The van der Waals surface area contributed by atoms with Crippen molar-refractivity contribution in [2.75, 3.05) is 13.6 Å². The summed E-state index contributed by atoms with van der Waals surface area (Å²) in [5.74, 6) is -0.115. The molecule has 112 valence electrons. The molecule has 7 nitrogen and oxygen atoms in total. The number of likely N-dealkylation sites (N-methyl/N-ethyl adjacent to an activating group) is 1. The van der Waals surface area contributed by atoms with Gasteiger partial charge in [-0.15, -0.1) is 0 Å². The monoisotopic (exact) mass is 290 g/mol. The van der Waals surface area contributed by atoms with Gasteiger partial charge < -0.3 is 0 Å². The van der Waals surface area contributed by atoms with E-state index in [-0.39, 0.29) is 17.6 Å². The molecule has 1 aromatic rings. The number of carbonyl (C=O) groups excluding carboxylic acids is 1. The SMILES string of the molecule is CN1CCCCC1C(=O)NN=Cc1ccc([N+](=O)[O-])cc1. The first-order valence-corrected chi connectivity index (χ1v) is 6.85. The van der Waals surface area contributed by atoms with E-state index in [0.29, 0.717) is 5.56 Å². The van der Waals surface area contributed by atoms with Crippen LogP contribution in [0.2, 0.25) is 0 Å². The molecule has 1 heterocycles. The summed E-state index contributed by atoms with van der Waals surface area (Å²) in [7, 11) is 1.93. The molecule has 1 saturated heterocycles. The van der Waals surface area contributed by atoms with Crippen LogP contribution < -0.4 is 5.43 Å². The van der Waals surface area contributed by atoms with E-state index in [1.165, 1.54) is 18.3 Å². The van der Waals surface area contributed by atoms with Gasteiger partial charge in [0, 0.05) is 12.1 Å². The largest absolute Gasteiger partial charge is 0.295 e. The van der Waals surface area contributed by atoms with E-state index in [1.807, 2.05) is 11.9 Å². The van der Waals surface area contributed by atoms with Crippen molar-refractivity contribution in [3.8, 4) is 0 Å². The number of hydrogen-bond donors (Lipinski definition) is 1. The average Bonchev–Trinajstić information content (AvgIpc) is 2.48. The Morgan fingerprint density at radius 3 is 2.76 bits per heavy atom. The Hall–Kier alpha value is -2.28. The molecule has 21 heavy (non-hydrogen) atoms. The molecule has 1 amide bonds. The zero-order chi connectivity index (χ0) is 15.2. The molecule has 1 fully saturated rings. The number of likely N-dealkylation sites (tertiary alicyclic amines) is 1. The van der Waals surface area contributed by atoms with Crippen molar-refractivity contribution in [3.63, 3.8) is 0 Å².